The summed E-state index contributed by atoms with van der Waals surface area (Å²) in [6.07, 6.45) is -4.71. The van der Waals surface area contributed by atoms with E-state index in [1.807, 2.05) is 0 Å². The van der Waals surface area contributed by atoms with E-state index in [1.54, 1.807) is 0 Å². The summed E-state index contributed by atoms with van der Waals surface area (Å²) in [4.78, 5) is 36.2. The summed E-state index contributed by atoms with van der Waals surface area (Å²) in [7, 11) is 0. The van der Waals surface area contributed by atoms with Crippen LogP contribution in [0.2, 0.25) is 0 Å². The molecule has 1 heterocycles. The number of halogens is 4. The van der Waals surface area contributed by atoms with Gasteiger partial charge < -0.3 is 10.6 Å². The normalized spacial score (nSPS) is 14.1. The number of hydrogen-bond donors (Lipinski definition) is 2. The number of carbonyl (C=O) groups is 3. The molecule has 0 atom stereocenters. The third kappa shape index (κ3) is 5.68. The van der Waals surface area contributed by atoms with Gasteiger partial charge in [-0.1, -0.05) is 12.1 Å². The summed E-state index contributed by atoms with van der Waals surface area (Å²) in [5.74, 6) is -2.15. The number of amides is 3. The maximum Gasteiger partial charge on any atom is 0.416 e. The van der Waals surface area contributed by atoms with Crippen molar-refractivity contribution in [3.8, 4) is 0 Å². The second-order valence-electron chi connectivity index (χ2n) is 7.02. The molecule has 0 bridgehead atoms. The number of carbonyl (C=O) groups excluding carboxylic acids is 3. The zero-order valence-electron chi connectivity index (χ0n) is 16.8. The van der Waals surface area contributed by atoms with E-state index >= 15 is 0 Å². The zero-order chi connectivity index (χ0) is 23.5. The third-order valence-electron chi connectivity index (χ3n) is 4.52. The molecule has 3 amide bonds. The number of nitrogens with one attached hydrogen (secondary N) is 2. The number of alkyl halides is 3. The standard InChI is InChI=1S/C21H18F4N4O3/c1-12(30)26-16-7-4-14(21(23,24)25)10-18(16)27-20(32)17-8-9-19(31)29(28-17)11-13-2-5-15(22)6-3-13/h2-7,10H,8-9,11H2,1H3,(H,26,30)(H,27,32). The van der Waals surface area contributed by atoms with E-state index in [1.165, 1.54) is 31.2 Å². The van der Waals surface area contributed by atoms with E-state index in [-0.39, 0.29) is 42.4 Å². The summed E-state index contributed by atoms with van der Waals surface area (Å²) in [5.41, 5.74) is -0.784. The van der Waals surface area contributed by atoms with Crippen molar-refractivity contribution >= 4 is 34.8 Å². The van der Waals surface area contributed by atoms with Gasteiger partial charge in [0.2, 0.25) is 11.8 Å². The Morgan fingerprint density at radius 3 is 2.34 bits per heavy atom. The maximum absolute atomic E-state index is 13.1. The average Bonchev–Trinajstić information content (AvgIpc) is 2.71. The van der Waals surface area contributed by atoms with Gasteiger partial charge in [-0.15, -0.1) is 0 Å². The molecular weight excluding hydrogens is 432 g/mol. The van der Waals surface area contributed by atoms with E-state index in [4.69, 9.17) is 0 Å². The van der Waals surface area contributed by atoms with Crippen LogP contribution in [0.15, 0.2) is 47.6 Å². The Bertz CT molecular complexity index is 1080. The highest BCUT2D eigenvalue weighted by Gasteiger charge is 2.32. The molecule has 2 aromatic rings. The Labute approximate surface area is 180 Å². The van der Waals surface area contributed by atoms with Crippen molar-refractivity contribution in [1.82, 2.24) is 5.01 Å². The van der Waals surface area contributed by atoms with Crippen LogP contribution in [0.4, 0.5) is 28.9 Å². The molecule has 0 aliphatic carbocycles. The molecule has 1 aliphatic rings. The van der Waals surface area contributed by atoms with Gasteiger partial charge in [0.25, 0.3) is 5.91 Å². The molecule has 0 saturated heterocycles. The summed E-state index contributed by atoms with van der Waals surface area (Å²) in [5, 5.41) is 9.76. The predicted molar refractivity (Wildman–Crippen MR) is 108 cm³/mol. The number of benzene rings is 2. The Morgan fingerprint density at radius 1 is 1.03 bits per heavy atom. The van der Waals surface area contributed by atoms with Crippen molar-refractivity contribution in [3.05, 3.63) is 59.4 Å². The fourth-order valence-corrected chi connectivity index (χ4v) is 2.97. The lowest BCUT2D eigenvalue weighted by Crippen LogP contribution is -2.36. The van der Waals surface area contributed by atoms with Crippen LogP contribution in [-0.4, -0.2) is 28.4 Å². The zero-order valence-corrected chi connectivity index (χ0v) is 16.8. The fourth-order valence-electron chi connectivity index (χ4n) is 2.97. The van der Waals surface area contributed by atoms with Crippen molar-refractivity contribution in [3.63, 3.8) is 0 Å². The van der Waals surface area contributed by atoms with Gasteiger partial charge in [0, 0.05) is 19.8 Å². The SMILES string of the molecule is CC(=O)Nc1ccc(C(F)(F)F)cc1NC(=O)C1=NN(Cc2ccc(F)cc2)C(=O)CC1. The van der Waals surface area contributed by atoms with E-state index in [0.29, 0.717) is 11.6 Å². The minimum absolute atomic E-state index is 0.00338. The molecule has 3 rings (SSSR count). The molecule has 0 radical (unpaired) electrons. The minimum atomic E-state index is -4.66. The first-order chi connectivity index (χ1) is 15.0. The molecule has 0 spiro atoms. The third-order valence-corrected chi connectivity index (χ3v) is 4.52. The molecule has 168 valence electrons. The van der Waals surface area contributed by atoms with E-state index < -0.39 is 29.4 Å². The lowest BCUT2D eigenvalue weighted by Gasteiger charge is -2.23. The molecule has 32 heavy (non-hydrogen) atoms. The Kier molecular flexibility index (Phi) is 6.56. The number of hydrogen-bond acceptors (Lipinski definition) is 4. The first-order valence-electron chi connectivity index (χ1n) is 9.45. The first kappa shape index (κ1) is 22.9. The lowest BCUT2D eigenvalue weighted by molar-refractivity contribution is -0.137. The van der Waals surface area contributed by atoms with E-state index in [0.717, 1.165) is 17.1 Å². The molecule has 7 nitrogen and oxygen atoms in total. The number of hydrazone groups is 1. The molecular formula is C21H18F4N4O3. The highest BCUT2D eigenvalue weighted by Crippen LogP contribution is 2.34. The summed E-state index contributed by atoms with van der Waals surface area (Å²) >= 11 is 0. The predicted octanol–water partition coefficient (Wildman–Crippen LogP) is 3.92. The highest BCUT2D eigenvalue weighted by atomic mass is 19.4. The van der Waals surface area contributed by atoms with E-state index in [2.05, 4.69) is 15.7 Å². The molecule has 1 aliphatic heterocycles. The second-order valence-corrected chi connectivity index (χ2v) is 7.02. The van der Waals surface area contributed by atoms with Gasteiger partial charge in [-0.2, -0.15) is 18.3 Å². The molecule has 0 unspecified atom stereocenters. The van der Waals surface area contributed by atoms with Gasteiger partial charge >= 0.3 is 6.18 Å². The van der Waals surface area contributed by atoms with Crippen molar-refractivity contribution in [2.45, 2.75) is 32.5 Å². The number of nitrogens with zero attached hydrogens (tertiary/aromatic N) is 2. The number of anilines is 2. The van der Waals surface area contributed by atoms with Crippen molar-refractivity contribution in [1.29, 1.82) is 0 Å². The summed E-state index contributed by atoms with van der Waals surface area (Å²) < 4.78 is 52.3. The Hall–Kier alpha value is -3.76. The molecule has 11 heteroatoms. The highest BCUT2D eigenvalue weighted by molar-refractivity contribution is 6.43. The second kappa shape index (κ2) is 9.16. The molecule has 0 aromatic heterocycles. The molecule has 2 aromatic carbocycles. The quantitative estimate of drug-likeness (QED) is 0.677. The van der Waals surface area contributed by atoms with Gasteiger partial charge in [-0.25, -0.2) is 9.40 Å². The Balaban J connectivity index is 1.84. The fraction of sp³-hybridized carbons (Fsp3) is 0.238. The van der Waals surface area contributed by atoms with Crippen LogP contribution >= 0.6 is 0 Å². The van der Waals surface area contributed by atoms with Gasteiger partial charge in [0.1, 0.15) is 11.5 Å². The topological polar surface area (TPSA) is 90.9 Å². The first-order valence-corrected chi connectivity index (χ1v) is 9.45. The number of rotatable bonds is 5. The van der Waals surface area contributed by atoms with Crippen LogP contribution in [0, 0.1) is 5.82 Å². The molecule has 0 fully saturated rings. The Morgan fingerprint density at radius 2 is 1.72 bits per heavy atom. The van der Waals surface area contributed by atoms with Crippen LogP contribution in [0.3, 0.4) is 0 Å². The van der Waals surface area contributed by atoms with E-state index in [9.17, 15) is 31.9 Å². The largest absolute Gasteiger partial charge is 0.416 e. The van der Waals surface area contributed by atoms with Crippen LogP contribution in [0.25, 0.3) is 0 Å². The lowest BCUT2D eigenvalue weighted by atomic mass is 10.1. The molecule has 0 saturated carbocycles. The van der Waals surface area contributed by atoms with Gasteiger partial charge in [0.05, 0.1) is 23.5 Å². The van der Waals surface area contributed by atoms with Crippen LogP contribution < -0.4 is 10.6 Å². The van der Waals surface area contributed by atoms with Gasteiger partial charge in [-0.3, -0.25) is 14.4 Å². The summed E-state index contributed by atoms with van der Waals surface area (Å²) in [6.45, 7) is 1.17. The van der Waals surface area contributed by atoms with Crippen LogP contribution in [0.5, 0.6) is 0 Å². The monoisotopic (exact) mass is 450 g/mol. The van der Waals surface area contributed by atoms with Crippen LogP contribution in [-0.2, 0) is 27.1 Å². The maximum atomic E-state index is 13.1. The molecule has 2 N–H and O–H groups in total. The van der Waals surface area contributed by atoms with Crippen molar-refractivity contribution < 1.29 is 31.9 Å². The van der Waals surface area contributed by atoms with Crippen LogP contribution in [0.1, 0.15) is 30.9 Å². The van der Waals surface area contributed by atoms with Crippen molar-refractivity contribution in [2.75, 3.05) is 10.6 Å². The van der Waals surface area contributed by atoms with Gasteiger partial charge in [0.15, 0.2) is 0 Å². The van der Waals surface area contributed by atoms with Crippen molar-refractivity contribution in [2.24, 2.45) is 5.10 Å². The minimum Gasteiger partial charge on any atom is -0.325 e. The van der Waals surface area contributed by atoms with Gasteiger partial charge in [-0.05, 0) is 35.9 Å². The average molecular weight is 450 g/mol. The smallest absolute Gasteiger partial charge is 0.325 e. The summed E-state index contributed by atoms with van der Waals surface area (Å²) in [6, 6.07) is 7.89.